The Labute approximate surface area is 107 Å². The van der Waals surface area contributed by atoms with Crippen LogP contribution in [0, 0.1) is 5.92 Å². The normalized spacial score (nSPS) is 26.3. The van der Waals surface area contributed by atoms with Crippen molar-refractivity contribution in [2.24, 2.45) is 5.92 Å². The van der Waals surface area contributed by atoms with Crippen molar-refractivity contribution in [2.45, 2.75) is 25.3 Å². The number of rotatable bonds is 1. The van der Waals surface area contributed by atoms with Crippen LogP contribution in [0.2, 0.25) is 0 Å². The third-order valence-corrected chi connectivity index (χ3v) is 4.31. The van der Waals surface area contributed by atoms with Gasteiger partial charge >= 0.3 is 0 Å². The second-order valence-corrected chi connectivity index (χ2v) is 5.73. The van der Waals surface area contributed by atoms with E-state index in [1.54, 1.807) is 0 Å². The van der Waals surface area contributed by atoms with E-state index in [0.29, 0.717) is 0 Å². The number of anilines is 2. The molecular formula is C15H17N3. The van der Waals surface area contributed by atoms with Gasteiger partial charge < -0.3 is 10.6 Å². The van der Waals surface area contributed by atoms with Crippen molar-refractivity contribution in [3.05, 3.63) is 30.5 Å². The Hall–Kier alpha value is -1.77. The van der Waals surface area contributed by atoms with Gasteiger partial charge in [-0.25, -0.2) is 0 Å². The molecule has 18 heavy (non-hydrogen) atoms. The molecule has 1 unspecified atom stereocenters. The van der Waals surface area contributed by atoms with Crippen molar-refractivity contribution in [3.63, 3.8) is 0 Å². The average molecular weight is 239 g/mol. The molecule has 1 fully saturated rings. The van der Waals surface area contributed by atoms with Crippen LogP contribution in [0.5, 0.6) is 0 Å². The van der Waals surface area contributed by atoms with Crippen LogP contribution in [0.1, 0.15) is 19.8 Å². The molecule has 1 aliphatic heterocycles. The maximum Gasteiger partial charge on any atom is 0.0770 e. The predicted octanol–water partition coefficient (Wildman–Crippen LogP) is 3.24. The summed E-state index contributed by atoms with van der Waals surface area (Å²) in [5.41, 5.74) is 3.61. The second-order valence-electron chi connectivity index (χ2n) is 5.73. The second kappa shape index (κ2) is 3.37. The summed E-state index contributed by atoms with van der Waals surface area (Å²) in [6.07, 6.45) is 4.64. The summed E-state index contributed by atoms with van der Waals surface area (Å²) in [6.45, 7) is 3.32. The van der Waals surface area contributed by atoms with Gasteiger partial charge in [-0.05, 0) is 31.7 Å². The fraction of sp³-hybridized carbons (Fsp3) is 0.400. The number of para-hydroxylation sites is 1. The molecule has 1 atom stereocenters. The maximum absolute atomic E-state index is 4.50. The van der Waals surface area contributed by atoms with Gasteiger partial charge in [-0.3, -0.25) is 4.98 Å². The van der Waals surface area contributed by atoms with E-state index in [0.717, 1.165) is 23.7 Å². The Morgan fingerprint density at radius 1 is 1.28 bits per heavy atom. The van der Waals surface area contributed by atoms with E-state index < -0.39 is 0 Å². The van der Waals surface area contributed by atoms with Gasteiger partial charge in [-0.1, -0.05) is 18.2 Å². The number of benzene rings is 1. The van der Waals surface area contributed by atoms with Crippen molar-refractivity contribution in [1.82, 2.24) is 4.98 Å². The fourth-order valence-corrected chi connectivity index (χ4v) is 2.99. The first-order chi connectivity index (χ1) is 8.76. The van der Waals surface area contributed by atoms with E-state index in [-0.39, 0.29) is 5.54 Å². The van der Waals surface area contributed by atoms with E-state index in [2.05, 4.69) is 40.7 Å². The number of hydrogen-bond acceptors (Lipinski definition) is 3. The van der Waals surface area contributed by atoms with Gasteiger partial charge in [0.15, 0.2) is 0 Å². The third kappa shape index (κ3) is 1.40. The van der Waals surface area contributed by atoms with Crippen molar-refractivity contribution < 1.29 is 0 Å². The molecule has 2 aliphatic rings. The van der Waals surface area contributed by atoms with Gasteiger partial charge in [-0.15, -0.1) is 0 Å². The van der Waals surface area contributed by atoms with Gasteiger partial charge in [0.1, 0.15) is 0 Å². The average Bonchev–Trinajstić information content (AvgIpc) is 3.23. The Kier molecular flexibility index (Phi) is 1.91. The van der Waals surface area contributed by atoms with Crippen LogP contribution in [-0.4, -0.2) is 17.1 Å². The first-order valence-corrected chi connectivity index (χ1v) is 6.66. The highest BCUT2D eigenvalue weighted by Crippen LogP contribution is 2.45. The van der Waals surface area contributed by atoms with E-state index in [4.69, 9.17) is 0 Å². The number of aromatic nitrogens is 1. The SMILES string of the molecule is CC1(C2CC2)CNc2cnc3ccccc3c2N1. The third-order valence-electron chi connectivity index (χ3n) is 4.31. The summed E-state index contributed by atoms with van der Waals surface area (Å²) < 4.78 is 0. The summed E-state index contributed by atoms with van der Waals surface area (Å²) in [6, 6.07) is 8.34. The zero-order valence-electron chi connectivity index (χ0n) is 10.5. The Bertz CT molecular complexity index is 618. The minimum Gasteiger partial charge on any atom is -0.380 e. The highest BCUT2D eigenvalue weighted by molar-refractivity contribution is 5.98. The summed E-state index contributed by atoms with van der Waals surface area (Å²) >= 11 is 0. The number of fused-ring (bicyclic) bond motifs is 3. The van der Waals surface area contributed by atoms with Gasteiger partial charge in [0.05, 0.1) is 28.6 Å². The van der Waals surface area contributed by atoms with Gasteiger partial charge in [-0.2, -0.15) is 0 Å². The highest BCUT2D eigenvalue weighted by Gasteiger charge is 2.43. The smallest absolute Gasteiger partial charge is 0.0770 e. The van der Waals surface area contributed by atoms with Crippen LogP contribution < -0.4 is 10.6 Å². The summed E-state index contributed by atoms with van der Waals surface area (Å²) in [5.74, 6) is 0.810. The summed E-state index contributed by atoms with van der Waals surface area (Å²) in [7, 11) is 0. The van der Waals surface area contributed by atoms with Gasteiger partial charge in [0, 0.05) is 11.9 Å². The number of nitrogens with one attached hydrogen (secondary N) is 2. The molecular weight excluding hydrogens is 222 g/mol. The lowest BCUT2D eigenvalue weighted by molar-refractivity contribution is 0.466. The molecule has 2 N–H and O–H groups in total. The molecule has 2 aromatic rings. The Morgan fingerprint density at radius 3 is 2.94 bits per heavy atom. The van der Waals surface area contributed by atoms with E-state index in [1.165, 1.54) is 23.9 Å². The van der Waals surface area contributed by atoms with Crippen LogP contribution in [0.4, 0.5) is 11.4 Å². The Balaban J connectivity index is 1.87. The van der Waals surface area contributed by atoms with Crippen molar-refractivity contribution in [2.75, 3.05) is 17.2 Å². The summed E-state index contributed by atoms with van der Waals surface area (Å²) in [5, 5.41) is 8.53. The first kappa shape index (κ1) is 10.2. The first-order valence-electron chi connectivity index (χ1n) is 6.66. The van der Waals surface area contributed by atoms with E-state index >= 15 is 0 Å². The molecule has 4 rings (SSSR count). The topological polar surface area (TPSA) is 37.0 Å². The lowest BCUT2D eigenvalue weighted by Crippen LogP contribution is -2.47. The van der Waals surface area contributed by atoms with E-state index in [9.17, 15) is 0 Å². The lowest BCUT2D eigenvalue weighted by atomic mass is 9.92. The van der Waals surface area contributed by atoms with Crippen LogP contribution in [0.25, 0.3) is 10.9 Å². The molecule has 2 heterocycles. The van der Waals surface area contributed by atoms with Crippen molar-refractivity contribution >= 4 is 22.3 Å². The van der Waals surface area contributed by atoms with Crippen molar-refractivity contribution in [1.29, 1.82) is 0 Å². The molecule has 0 spiro atoms. The molecule has 1 aromatic carbocycles. The molecule has 0 radical (unpaired) electrons. The van der Waals surface area contributed by atoms with Crippen LogP contribution in [0.15, 0.2) is 30.5 Å². The summed E-state index contributed by atoms with van der Waals surface area (Å²) in [4.78, 5) is 4.50. The molecule has 0 saturated heterocycles. The molecule has 0 bridgehead atoms. The quantitative estimate of drug-likeness (QED) is 0.802. The minimum atomic E-state index is 0.192. The number of hydrogen-bond donors (Lipinski definition) is 2. The van der Waals surface area contributed by atoms with Crippen molar-refractivity contribution in [3.8, 4) is 0 Å². The molecule has 3 nitrogen and oxygen atoms in total. The minimum absolute atomic E-state index is 0.192. The van der Waals surface area contributed by atoms with Crippen LogP contribution in [-0.2, 0) is 0 Å². The number of nitrogens with zero attached hydrogens (tertiary/aromatic N) is 1. The van der Waals surface area contributed by atoms with Gasteiger partial charge in [0.25, 0.3) is 0 Å². The molecule has 1 saturated carbocycles. The molecule has 0 amide bonds. The Morgan fingerprint density at radius 2 is 2.11 bits per heavy atom. The van der Waals surface area contributed by atoms with Crippen LogP contribution in [0.3, 0.4) is 0 Å². The standard InChI is InChI=1S/C15H17N3/c1-15(10-6-7-10)9-17-13-8-16-12-5-3-2-4-11(12)14(13)18-15/h2-5,8,10,17-18H,6-7,9H2,1H3. The lowest BCUT2D eigenvalue weighted by Gasteiger charge is -2.38. The molecule has 3 heteroatoms. The predicted molar refractivity (Wildman–Crippen MR) is 75.0 cm³/mol. The maximum atomic E-state index is 4.50. The zero-order valence-corrected chi connectivity index (χ0v) is 10.5. The van der Waals surface area contributed by atoms with Gasteiger partial charge in [0.2, 0.25) is 0 Å². The fourth-order valence-electron chi connectivity index (χ4n) is 2.99. The monoisotopic (exact) mass is 239 g/mol. The highest BCUT2D eigenvalue weighted by atomic mass is 15.1. The zero-order chi connectivity index (χ0) is 12.2. The molecule has 1 aliphatic carbocycles. The molecule has 92 valence electrons. The van der Waals surface area contributed by atoms with Crippen LogP contribution >= 0.6 is 0 Å². The largest absolute Gasteiger partial charge is 0.380 e. The van der Waals surface area contributed by atoms with E-state index in [1.807, 2.05) is 12.3 Å². The molecule has 1 aromatic heterocycles. The number of pyridine rings is 1.